The van der Waals surface area contributed by atoms with Crippen LogP contribution >= 0.6 is 0 Å². The van der Waals surface area contributed by atoms with Crippen molar-refractivity contribution in [1.29, 1.82) is 0 Å². The van der Waals surface area contributed by atoms with Gasteiger partial charge < -0.3 is 20.5 Å². The molecule has 0 saturated heterocycles. The van der Waals surface area contributed by atoms with Crippen LogP contribution in [0.4, 0.5) is 21.0 Å². The quantitative estimate of drug-likeness (QED) is 0.470. The number of nitrogens with zero attached hydrogens (tertiary/aromatic N) is 1. The highest BCUT2D eigenvalue weighted by molar-refractivity contribution is 5.87. The lowest BCUT2D eigenvalue weighted by Gasteiger charge is -2.23. The molecular weight excluding hydrogens is 384 g/mol. The van der Waals surface area contributed by atoms with Gasteiger partial charge in [0.2, 0.25) is 0 Å². The van der Waals surface area contributed by atoms with Crippen LogP contribution in [-0.4, -0.2) is 29.9 Å². The lowest BCUT2D eigenvalue weighted by atomic mass is 10.0. The standard InChI is InChI=1S/C22H28N4O4/c1-6-7-18(26-21(28)30-22(2,3)4)19-12-14(10-11-24-19)16-9-8-15(13-17(16)23)25-20(27)29-5/h6,8-13,18H,1,7,23H2,2-5H3,(H,25,27)(H,26,28). The van der Waals surface area contributed by atoms with Gasteiger partial charge in [-0.25, -0.2) is 9.59 Å². The first-order chi connectivity index (χ1) is 14.1. The minimum absolute atomic E-state index is 0.404. The van der Waals surface area contributed by atoms with Crippen LogP contribution < -0.4 is 16.4 Å². The van der Waals surface area contributed by atoms with E-state index in [4.69, 9.17) is 10.5 Å². The molecule has 1 unspecified atom stereocenters. The Hall–Kier alpha value is -3.55. The Morgan fingerprint density at radius 2 is 1.97 bits per heavy atom. The van der Waals surface area contributed by atoms with Gasteiger partial charge in [-0.2, -0.15) is 0 Å². The zero-order valence-electron chi connectivity index (χ0n) is 17.7. The number of benzene rings is 1. The monoisotopic (exact) mass is 412 g/mol. The van der Waals surface area contributed by atoms with Crippen molar-refractivity contribution in [2.75, 3.05) is 18.2 Å². The molecule has 0 aliphatic heterocycles. The molecule has 2 rings (SSSR count). The summed E-state index contributed by atoms with van der Waals surface area (Å²) in [5.74, 6) is 0. The second-order valence-electron chi connectivity index (χ2n) is 7.61. The summed E-state index contributed by atoms with van der Waals surface area (Å²) in [7, 11) is 1.29. The number of anilines is 2. The highest BCUT2D eigenvalue weighted by Crippen LogP contribution is 2.30. The van der Waals surface area contributed by atoms with Gasteiger partial charge in [-0.05, 0) is 57.0 Å². The Bertz CT molecular complexity index is 922. The highest BCUT2D eigenvalue weighted by Gasteiger charge is 2.21. The van der Waals surface area contributed by atoms with Crippen LogP contribution in [0.2, 0.25) is 0 Å². The van der Waals surface area contributed by atoms with E-state index in [0.29, 0.717) is 23.5 Å². The van der Waals surface area contributed by atoms with Crippen molar-refractivity contribution < 1.29 is 19.1 Å². The van der Waals surface area contributed by atoms with Gasteiger partial charge in [-0.1, -0.05) is 12.1 Å². The largest absolute Gasteiger partial charge is 0.453 e. The fourth-order valence-corrected chi connectivity index (χ4v) is 2.75. The molecule has 2 amide bonds. The van der Waals surface area contributed by atoms with E-state index in [1.54, 1.807) is 51.2 Å². The third kappa shape index (κ3) is 6.51. The summed E-state index contributed by atoms with van der Waals surface area (Å²) in [5, 5.41) is 5.41. The number of alkyl carbamates (subject to hydrolysis) is 1. The van der Waals surface area contributed by atoms with Crippen LogP contribution in [0.25, 0.3) is 11.1 Å². The Balaban J connectivity index is 2.27. The van der Waals surface area contributed by atoms with E-state index < -0.39 is 23.8 Å². The van der Waals surface area contributed by atoms with Crippen LogP contribution in [0.5, 0.6) is 0 Å². The number of pyridine rings is 1. The summed E-state index contributed by atoms with van der Waals surface area (Å²) in [6.45, 7) is 9.16. The molecule has 8 nitrogen and oxygen atoms in total. The molecule has 0 bridgehead atoms. The van der Waals surface area contributed by atoms with Crippen LogP contribution in [0.3, 0.4) is 0 Å². The van der Waals surface area contributed by atoms with Gasteiger partial charge in [0.1, 0.15) is 5.60 Å². The number of nitrogens with one attached hydrogen (secondary N) is 2. The molecule has 0 fully saturated rings. The summed E-state index contributed by atoms with van der Waals surface area (Å²) < 4.78 is 9.93. The molecule has 2 aromatic rings. The Morgan fingerprint density at radius 1 is 1.23 bits per heavy atom. The first-order valence-electron chi connectivity index (χ1n) is 9.44. The number of carbonyl (C=O) groups is 2. The number of methoxy groups -OCH3 is 1. The molecule has 1 aromatic heterocycles. The third-order valence-corrected chi connectivity index (χ3v) is 4.03. The number of hydrogen-bond acceptors (Lipinski definition) is 6. The third-order valence-electron chi connectivity index (χ3n) is 4.03. The Kier molecular flexibility index (Phi) is 7.41. The van der Waals surface area contributed by atoms with Crippen LogP contribution in [0, 0.1) is 0 Å². The number of nitrogen functional groups attached to an aromatic ring is 1. The van der Waals surface area contributed by atoms with E-state index in [2.05, 4.69) is 26.9 Å². The smallest absolute Gasteiger partial charge is 0.411 e. The maximum Gasteiger partial charge on any atom is 0.411 e. The maximum atomic E-state index is 12.2. The van der Waals surface area contributed by atoms with E-state index in [-0.39, 0.29) is 0 Å². The maximum absolute atomic E-state index is 12.2. The van der Waals surface area contributed by atoms with E-state index in [9.17, 15) is 9.59 Å². The van der Waals surface area contributed by atoms with Crippen LogP contribution in [0.1, 0.15) is 38.9 Å². The predicted molar refractivity (Wildman–Crippen MR) is 117 cm³/mol. The SMILES string of the molecule is C=CCC(NC(=O)OC(C)(C)C)c1cc(-c2ccc(NC(=O)OC)cc2N)ccn1. The molecule has 0 spiro atoms. The summed E-state index contributed by atoms with van der Waals surface area (Å²) in [6, 6.07) is 8.43. The van der Waals surface area contributed by atoms with Crippen LogP contribution in [0.15, 0.2) is 49.2 Å². The van der Waals surface area contributed by atoms with E-state index >= 15 is 0 Å². The summed E-state index contributed by atoms with van der Waals surface area (Å²) in [6.07, 6.45) is 2.73. The molecule has 1 aromatic carbocycles. The molecule has 1 heterocycles. The van der Waals surface area contributed by atoms with E-state index in [1.807, 2.05) is 12.1 Å². The molecule has 30 heavy (non-hydrogen) atoms. The first kappa shape index (κ1) is 22.7. The number of hydrogen-bond donors (Lipinski definition) is 3. The molecule has 0 aliphatic rings. The topological polar surface area (TPSA) is 116 Å². The van der Waals surface area contributed by atoms with Gasteiger partial charge >= 0.3 is 12.2 Å². The van der Waals surface area contributed by atoms with E-state index in [1.165, 1.54) is 7.11 Å². The van der Waals surface area contributed by atoms with Crippen molar-refractivity contribution >= 4 is 23.6 Å². The molecule has 0 radical (unpaired) electrons. The highest BCUT2D eigenvalue weighted by atomic mass is 16.6. The number of ether oxygens (including phenoxy) is 2. The van der Waals surface area contributed by atoms with Gasteiger partial charge in [0.15, 0.2) is 0 Å². The molecule has 0 aliphatic carbocycles. The lowest BCUT2D eigenvalue weighted by molar-refractivity contribution is 0.0503. The summed E-state index contributed by atoms with van der Waals surface area (Å²) in [4.78, 5) is 28.0. The molecule has 1 atom stereocenters. The second-order valence-corrected chi connectivity index (χ2v) is 7.61. The van der Waals surface area contributed by atoms with Crippen molar-refractivity contribution in [1.82, 2.24) is 10.3 Å². The fraction of sp³-hybridized carbons (Fsp3) is 0.318. The van der Waals surface area contributed by atoms with Gasteiger partial charge in [0.25, 0.3) is 0 Å². The predicted octanol–water partition coefficient (Wildman–Crippen LogP) is 4.65. The Labute approximate surface area is 176 Å². The number of nitrogens with two attached hydrogens (primary N) is 1. The minimum atomic E-state index is -0.605. The summed E-state index contributed by atoms with van der Waals surface area (Å²) in [5.41, 5.74) is 8.81. The molecule has 8 heteroatoms. The van der Waals surface area contributed by atoms with Crippen molar-refractivity contribution in [3.05, 3.63) is 54.9 Å². The summed E-state index contributed by atoms with van der Waals surface area (Å²) >= 11 is 0. The van der Waals surface area contributed by atoms with Gasteiger partial charge in [-0.15, -0.1) is 6.58 Å². The lowest BCUT2D eigenvalue weighted by Crippen LogP contribution is -2.35. The fourth-order valence-electron chi connectivity index (χ4n) is 2.75. The number of rotatable bonds is 6. The molecular formula is C22H28N4O4. The normalized spacial score (nSPS) is 11.9. The minimum Gasteiger partial charge on any atom is -0.453 e. The molecule has 4 N–H and O–H groups in total. The van der Waals surface area contributed by atoms with Crippen molar-refractivity contribution in [2.45, 2.75) is 38.8 Å². The van der Waals surface area contributed by atoms with Crippen molar-refractivity contribution in [2.24, 2.45) is 0 Å². The van der Waals surface area contributed by atoms with Crippen molar-refractivity contribution in [3.8, 4) is 11.1 Å². The average molecular weight is 412 g/mol. The zero-order valence-corrected chi connectivity index (χ0v) is 17.7. The van der Waals surface area contributed by atoms with Gasteiger partial charge in [-0.3, -0.25) is 10.3 Å². The first-order valence-corrected chi connectivity index (χ1v) is 9.44. The van der Waals surface area contributed by atoms with Gasteiger partial charge in [0, 0.05) is 23.1 Å². The molecule has 160 valence electrons. The Morgan fingerprint density at radius 3 is 2.57 bits per heavy atom. The number of amides is 2. The van der Waals surface area contributed by atoms with E-state index in [0.717, 1.165) is 11.1 Å². The van der Waals surface area contributed by atoms with Gasteiger partial charge in [0.05, 0.1) is 18.8 Å². The average Bonchev–Trinajstić information content (AvgIpc) is 2.66. The van der Waals surface area contributed by atoms with Crippen LogP contribution in [-0.2, 0) is 9.47 Å². The molecule has 0 saturated carbocycles. The zero-order chi connectivity index (χ0) is 22.3. The van der Waals surface area contributed by atoms with Crippen molar-refractivity contribution in [3.63, 3.8) is 0 Å². The second kappa shape index (κ2) is 9.78. The number of carbonyl (C=O) groups excluding carboxylic acids is 2. The number of aromatic nitrogens is 1.